The van der Waals surface area contributed by atoms with Crippen molar-refractivity contribution in [1.29, 1.82) is 0 Å². The summed E-state index contributed by atoms with van der Waals surface area (Å²) in [5.74, 6) is -1.88. The third-order valence-corrected chi connectivity index (χ3v) is 8.44. The van der Waals surface area contributed by atoms with Crippen molar-refractivity contribution in [3.05, 3.63) is 94.8 Å². The number of thiazole rings is 1. The Morgan fingerprint density at radius 3 is 2.42 bits per heavy atom. The fourth-order valence-corrected chi connectivity index (χ4v) is 6.15. The van der Waals surface area contributed by atoms with Crippen molar-refractivity contribution in [1.82, 2.24) is 4.98 Å². The summed E-state index contributed by atoms with van der Waals surface area (Å²) in [6.07, 6.45) is 1.40. The van der Waals surface area contributed by atoms with E-state index in [4.69, 9.17) is 9.47 Å². The molecular formula is C26H24F3N3O4S2. The highest BCUT2D eigenvalue weighted by Crippen LogP contribution is 2.34. The quantitative estimate of drug-likeness (QED) is 0.250. The van der Waals surface area contributed by atoms with E-state index in [9.17, 15) is 12.8 Å². The van der Waals surface area contributed by atoms with Gasteiger partial charge in [0.1, 0.15) is 33.8 Å². The van der Waals surface area contributed by atoms with Crippen molar-refractivity contribution in [2.45, 2.75) is 24.4 Å². The molecule has 7 nitrogen and oxygen atoms in total. The van der Waals surface area contributed by atoms with Crippen LogP contribution in [0.5, 0.6) is 11.5 Å². The van der Waals surface area contributed by atoms with E-state index in [1.165, 1.54) is 38.6 Å². The van der Waals surface area contributed by atoms with Gasteiger partial charge in [-0.2, -0.15) is 0 Å². The van der Waals surface area contributed by atoms with E-state index in [-0.39, 0.29) is 22.9 Å². The summed E-state index contributed by atoms with van der Waals surface area (Å²) in [6.45, 7) is 1.31. The lowest BCUT2D eigenvalue weighted by molar-refractivity contribution is 0.391. The molecular weight excluding hydrogens is 539 g/mol. The molecule has 0 saturated heterocycles. The number of rotatable bonds is 10. The first-order valence-corrected chi connectivity index (χ1v) is 13.6. The van der Waals surface area contributed by atoms with Crippen LogP contribution in [0.15, 0.2) is 71.1 Å². The van der Waals surface area contributed by atoms with Gasteiger partial charge in [-0.05, 0) is 31.2 Å². The second-order valence-corrected chi connectivity index (χ2v) is 10.9. The van der Waals surface area contributed by atoms with Gasteiger partial charge in [0, 0.05) is 34.8 Å². The summed E-state index contributed by atoms with van der Waals surface area (Å²) in [5.41, 5.74) is 0.382. The summed E-state index contributed by atoms with van der Waals surface area (Å²) in [5, 5.41) is 4.33. The van der Waals surface area contributed by atoms with Crippen LogP contribution in [-0.4, -0.2) is 27.6 Å². The summed E-state index contributed by atoms with van der Waals surface area (Å²) in [7, 11) is -1.73. The molecule has 0 aliphatic heterocycles. The molecule has 1 atom stereocenters. The Morgan fingerprint density at radius 2 is 1.76 bits per heavy atom. The first-order chi connectivity index (χ1) is 18.1. The maximum atomic E-state index is 15.3. The Labute approximate surface area is 222 Å². The molecule has 1 heterocycles. The van der Waals surface area contributed by atoms with Crippen LogP contribution in [-0.2, 0) is 16.6 Å². The van der Waals surface area contributed by atoms with E-state index in [0.29, 0.717) is 23.1 Å². The van der Waals surface area contributed by atoms with E-state index >= 15 is 8.78 Å². The van der Waals surface area contributed by atoms with Gasteiger partial charge in [-0.3, -0.25) is 0 Å². The van der Waals surface area contributed by atoms with E-state index in [2.05, 4.69) is 10.3 Å². The molecule has 38 heavy (non-hydrogen) atoms. The highest BCUT2D eigenvalue weighted by atomic mass is 32.2. The van der Waals surface area contributed by atoms with E-state index in [0.717, 1.165) is 21.7 Å². The van der Waals surface area contributed by atoms with Gasteiger partial charge < -0.3 is 14.8 Å². The Morgan fingerprint density at radius 1 is 1.00 bits per heavy atom. The average Bonchev–Trinajstić information content (AvgIpc) is 3.43. The zero-order valence-electron chi connectivity index (χ0n) is 20.6. The van der Waals surface area contributed by atoms with Gasteiger partial charge in [-0.25, -0.2) is 30.9 Å². The Balaban J connectivity index is 1.70. The first kappa shape index (κ1) is 27.3. The third-order valence-electron chi connectivity index (χ3n) is 5.77. The van der Waals surface area contributed by atoms with Crippen molar-refractivity contribution in [3.63, 3.8) is 0 Å². The van der Waals surface area contributed by atoms with Gasteiger partial charge in [0.25, 0.3) is 10.0 Å². The van der Waals surface area contributed by atoms with Crippen LogP contribution in [0.4, 0.5) is 24.0 Å². The number of nitrogens with zero attached hydrogens (tertiary/aromatic N) is 2. The molecule has 0 aliphatic rings. The first-order valence-electron chi connectivity index (χ1n) is 11.3. The van der Waals surface area contributed by atoms with Crippen LogP contribution in [0.25, 0.3) is 0 Å². The van der Waals surface area contributed by atoms with Crippen molar-refractivity contribution >= 4 is 32.2 Å². The topological polar surface area (TPSA) is 80.8 Å². The van der Waals surface area contributed by atoms with Crippen LogP contribution in [0.1, 0.15) is 24.1 Å². The predicted molar refractivity (Wildman–Crippen MR) is 140 cm³/mol. The Hall–Kier alpha value is -3.77. The van der Waals surface area contributed by atoms with Gasteiger partial charge in [-0.15, -0.1) is 11.3 Å². The smallest absolute Gasteiger partial charge is 0.269 e. The number of nitrogens with one attached hydrogen (secondary N) is 1. The van der Waals surface area contributed by atoms with Gasteiger partial charge in [-0.1, -0.05) is 18.2 Å². The summed E-state index contributed by atoms with van der Waals surface area (Å²) in [6, 6.07) is 11.4. The molecule has 0 saturated carbocycles. The number of aromatic nitrogens is 1. The number of hydrogen-bond acceptors (Lipinski definition) is 7. The molecule has 4 rings (SSSR count). The van der Waals surface area contributed by atoms with Gasteiger partial charge in [0.15, 0.2) is 5.13 Å². The molecule has 0 spiro atoms. The minimum absolute atomic E-state index is 0.0538. The third kappa shape index (κ3) is 5.55. The molecule has 0 fully saturated rings. The van der Waals surface area contributed by atoms with Crippen LogP contribution in [0.2, 0.25) is 0 Å². The number of sulfonamides is 1. The van der Waals surface area contributed by atoms with E-state index < -0.39 is 38.4 Å². The lowest BCUT2D eigenvalue weighted by atomic mass is 10.1. The average molecular weight is 564 g/mol. The predicted octanol–water partition coefficient (Wildman–Crippen LogP) is 6.15. The molecule has 1 unspecified atom stereocenters. The summed E-state index contributed by atoms with van der Waals surface area (Å²) < 4.78 is 83.4. The number of anilines is 2. The van der Waals surface area contributed by atoms with Crippen LogP contribution >= 0.6 is 11.3 Å². The van der Waals surface area contributed by atoms with Crippen molar-refractivity contribution in [2.24, 2.45) is 0 Å². The lowest BCUT2D eigenvalue weighted by Gasteiger charge is -2.24. The van der Waals surface area contributed by atoms with Crippen molar-refractivity contribution < 1.29 is 31.1 Å². The minimum atomic E-state index is -4.63. The summed E-state index contributed by atoms with van der Waals surface area (Å²) >= 11 is 1.02. The van der Waals surface area contributed by atoms with E-state index in [1.54, 1.807) is 36.6 Å². The maximum Gasteiger partial charge on any atom is 0.269 e. The maximum absolute atomic E-state index is 15.3. The fourth-order valence-electron chi connectivity index (χ4n) is 3.82. The van der Waals surface area contributed by atoms with Gasteiger partial charge >= 0.3 is 0 Å². The van der Waals surface area contributed by atoms with Crippen LogP contribution in [0, 0.1) is 17.5 Å². The van der Waals surface area contributed by atoms with Crippen molar-refractivity contribution in [2.75, 3.05) is 23.8 Å². The number of hydrogen-bond donors (Lipinski definition) is 1. The van der Waals surface area contributed by atoms with Crippen LogP contribution in [0.3, 0.4) is 0 Å². The number of benzene rings is 3. The number of ether oxygens (including phenoxy) is 2. The standard InChI is InChI=1S/C26H24F3N3O4S2/c1-16(19-6-4-5-7-20(19)27)31-23-13-22(29)25(14-21(23)28)38(33,34)32(26-30-10-11-37-26)15-17-8-9-18(35-2)12-24(17)36-3/h4-14,16,31H,15H2,1-3H3. The van der Waals surface area contributed by atoms with Crippen molar-refractivity contribution in [3.8, 4) is 11.5 Å². The normalized spacial score (nSPS) is 12.2. The molecule has 4 aromatic rings. The monoisotopic (exact) mass is 563 g/mol. The molecule has 1 N–H and O–H groups in total. The number of methoxy groups -OCH3 is 2. The van der Waals surface area contributed by atoms with Crippen LogP contribution < -0.4 is 19.1 Å². The highest BCUT2D eigenvalue weighted by Gasteiger charge is 2.32. The summed E-state index contributed by atoms with van der Waals surface area (Å²) in [4.78, 5) is 3.21. The largest absolute Gasteiger partial charge is 0.497 e. The molecule has 0 amide bonds. The molecule has 1 aromatic heterocycles. The Bertz CT molecular complexity index is 1530. The second-order valence-electron chi connectivity index (χ2n) is 8.15. The van der Waals surface area contributed by atoms with Gasteiger partial charge in [0.2, 0.25) is 0 Å². The zero-order chi connectivity index (χ0) is 27.4. The number of halogens is 3. The molecule has 0 radical (unpaired) electrons. The SMILES string of the molecule is COc1ccc(CN(c2nccs2)S(=O)(=O)c2cc(F)c(NC(C)c3ccccc3F)cc2F)c(OC)c1. The second kappa shape index (κ2) is 11.3. The van der Waals surface area contributed by atoms with Gasteiger partial charge in [0.05, 0.1) is 32.5 Å². The molecule has 3 aromatic carbocycles. The molecule has 12 heteroatoms. The highest BCUT2D eigenvalue weighted by molar-refractivity contribution is 7.93. The van der Waals surface area contributed by atoms with E-state index in [1.807, 2.05) is 0 Å². The zero-order valence-corrected chi connectivity index (χ0v) is 22.2. The molecule has 0 aliphatic carbocycles. The molecule has 0 bridgehead atoms. The Kier molecular flexibility index (Phi) is 8.12. The minimum Gasteiger partial charge on any atom is -0.497 e. The fraction of sp³-hybridized carbons (Fsp3) is 0.192. The lowest BCUT2D eigenvalue weighted by Crippen LogP contribution is -2.31. The molecule has 200 valence electrons.